The van der Waals surface area contributed by atoms with Crippen LogP contribution in [0, 0.1) is 18.3 Å². The van der Waals surface area contributed by atoms with Gasteiger partial charge in [-0.05, 0) is 26.0 Å². The number of alkyl halides is 1. The number of carbonyl (C=O) groups is 1. The van der Waals surface area contributed by atoms with E-state index in [9.17, 15) is 4.79 Å². The topological polar surface area (TPSA) is 40.9 Å². The van der Waals surface area contributed by atoms with E-state index in [1.165, 1.54) is 0 Å². The van der Waals surface area contributed by atoms with Crippen LogP contribution in [0.3, 0.4) is 0 Å². The van der Waals surface area contributed by atoms with E-state index in [0.29, 0.717) is 11.1 Å². The highest BCUT2D eigenvalue weighted by Gasteiger charge is 2.16. The first-order chi connectivity index (χ1) is 6.56. The van der Waals surface area contributed by atoms with Gasteiger partial charge in [0, 0.05) is 5.56 Å². The second-order valence-corrected chi connectivity index (χ2v) is 3.80. The summed E-state index contributed by atoms with van der Waals surface area (Å²) in [5.41, 5.74) is 1.74. The molecule has 0 aliphatic rings. The summed E-state index contributed by atoms with van der Waals surface area (Å²) >= 11 is 5.69. The molecule has 1 aromatic carbocycles. The second kappa shape index (κ2) is 4.26. The number of Topliss-reactive ketones (excluding diaryl/α,β-unsaturated/α-hetero) is 1. The van der Waals surface area contributed by atoms with Crippen LogP contribution in [0.15, 0.2) is 18.2 Å². The minimum absolute atomic E-state index is 0.202. The highest BCUT2D eigenvalue weighted by Crippen LogP contribution is 2.15. The van der Waals surface area contributed by atoms with Gasteiger partial charge >= 0.3 is 0 Å². The van der Waals surface area contributed by atoms with Gasteiger partial charge in [0.2, 0.25) is 0 Å². The van der Waals surface area contributed by atoms with Crippen LogP contribution in [0.2, 0.25) is 0 Å². The molecule has 0 spiro atoms. The highest BCUT2D eigenvalue weighted by atomic mass is 35.5. The van der Waals surface area contributed by atoms with Crippen LogP contribution in [0.4, 0.5) is 0 Å². The van der Waals surface area contributed by atoms with Crippen LogP contribution in [0.5, 0.6) is 0 Å². The molecule has 72 valence electrons. The number of hydrogen-bond acceptors (Lipinski definition) is 2. The van der Waals surface area contributed by atoms with Crippen LogP contribution >= 0.6 is 11.6 Å². The normalized spacial score (nSPS) is 11.9. The Kier molecular flexibility index (Phi) is 3.27. The lowest BCUT2D eigenvalue weighted by Gasteiger charge is -2.05. The van der Waals surface area contributed by atoms with Gasteiger partial charge in [0.25, 0.3) is 0 Å². The van der Waals surface area contributed by atoms with E-state index < -0.39 is 5.38 Å². The van der Waals surface area contributed by atoms with Gasteiger partial charge in [0.05, 0.1) is 17.0 Å². The lowest BCUT2D eigenvalue weighted by Crippen LogP contribution is -2.12. The first-order valence-electron chi connectivity index (χ1n) is 4.25. The Morgan fingerprint density at radius 1 is 1.57 bits per heavy atom. The molecule has 0 amide bonds. The third kappa shape index (κ3) is 2.12. The van der Waals surface area contributed by atoms with Crippen molar-refractivity contribution in [3.8, 4) is 6.07 Å². The summed E-state index contributed by atoms with van der Waals surface area (Å²) in [5.74, 6) is -0.202. The third-order valence-corrected chi connectivity index (χ3v) is 2.12. The van der Waals surface area contributed by atoms with Crippen molar-refractivity contribution >= 4 is 17.4 Å². The zero-order valence-corrected chi connectivity index (χ0v) is 8.80. The molecular weight excluding hydrogens is 198 g/mol. The van der Waals surface area contributed by atoms with E-state index in [2.05, 4.69) is 0 Å². The molecule has 0 aliphatic carbocycles. The molecule has 0 heterocycles. The number of halogens is 1. The first-order valence-corrected chi connectivity index (χ1v) is 4.69. The SMILES string of the molecule is Cc1ccc(C#N)c(C(=O)C(C)Cl)c1. The van der Waals surface area contributed by atoms with Crippen LogP contribution < -0.4 is 0 Å². The van der Waals surface area contributed by atoms with E-state index in [-0.39, 0.29) is 5.78 Å². The first kappa shape index (κ1) is 10.7. The van der Waals surface area contributed by atoms with Crippen molar-refractivity contribution in [2.24, 2.45) is 0 Å². The second-order valence-electron chi connectivity index (χ2n) is 3.14. The zero-order chi connectivity index (χ0) is 10.7. The van der Waals surface area contributed by atoms with E-state index in [4.69, 9.17) is 16.9 Å². The molecule has 1 unspecified atom stereocenters. The van der Waals surface area contributed by atoms with Gasteiger partial charge in [-0.15, -0.1) is 11.6 Å². The molecule has 0 fully saturated rings. The molecule has 2 nitrogen and oxygen atoms in total. The van der Waals surface area contributed by atoms with Crippen LogP contribution in [-0.2, 0) is 0 Å². The Morgan fingerprint density at radius 3 is 2.71 bits per heavy atom. The fraction of sp³-hybridized carbons (Fsp3) is 0.273. The summed E-state index contributed by atoms with van der Waals surface area (Å²) in [7, 11) is 0. The number of rotatable bonds is 2. The number of nitriles is 1. The Morgan fingerprint density at radius 2 is 2.21 bits per heavy atom. The largest absolute Gasteiger partial charge is 0.292 e. The molecule has 3 heteroatoms. The molecule has 0 aromatic heterocycles. The molecule has 0 saturated carbocycles. The van der Waals surface area contributed by atoms with Crippen LogP contribution in [0.1, 0.15) is 28.4 Å². The monoisotopic (exact) mass is 207 g/mol. The summed E-state index contributed by atoms with van der Waals surface area (Å²) < 4.78 is 0. The highest BCUT2D eigenvalue weighted by molar-refractivity contribution is 6.33. The summed E-state index contributed by atoms with van der Waals surface area (Å²) in [5, 5.41) is 8.20. The van der Waals surface area contributed by atoms with Gasteiger partial charge in [-0.3, -0.25) is 4.79 Å². The minimum atomic E-state index is -0.594. The molecular formula is C11H10ClNO. The van der Waals surface area contributed by atoms with Crippen molar-refractivity contribution in [1.82, 2.24) is 0 Å². The molecule has 0 aliphatic heterocycles. The zero-order valence-electron chi connectivity index (χ0n) is 8.04. The maximum Gasteiger partial charge on any atom is 0.181 e. The van der Waals surface area contributed by atoms with Gasteiger partial charge in [-0.1, -0.05) is 11.6 Å². The van der Waals surface area contributed by atoms with E-state index in [1.807, 2.05) is 13.0 Å². The van der Waals surface area contributed by atoms with Crippen molar-refractivity contribution in [3.63, 3.8) is 0 Å². The van der Waals surface area contributed by atoms with Gasteiger partial charge in [-0.25, -0.2) is 0 Å². The molecule has 14 heavy (non-hydrogen) atoms. The van der Waals surface area contributed by atoms with Crippen molar-refractivity contribution in [2.75, 3.05) is 0 Å². The molecule has 0 N–H and O–H groups in total. The van der Waals surface area contributed by atoms with E-state index in [0.717, 1.165) is 5.56 Å². The quantitative estimate of drug-likeness (QED) is 0.553. The standard InChI is InChI=1S/C11H10ClNO/c1-7-3-4-9(6-13)10(5-7)11(14)8(2)12/h3-5,8H,1-2H3. The summed E-state index contributed by atoms with van der Waals surface area (Å²) in [6, 6.07) is 7.11. The average Bonchev–Trinajstić information content (AvgIpc) is 2.16. The number of nitrogens with zero attached hydrogens (tertiary/aromatic N) is 1. The van der Waals surface area contributed by atoms with Crippen molar-refractivity contribution in [3.05, 3.63) is 34.9 Å². The number of aryl methyl sites for hydroxylation is 1. The number of benzene rings is 1. The smallest absolute Gasteiger partial charge is 0.181 e. The van der Waals surface area contributed by atoms with Gasteiger partial charge in [0.15, 0.2) is 5.78 Å². The maximum atomic E-state index is 11.6. The number of hydrogen-bond donors (Lipinski definition) is 0. The van der Waals surface area contributed by atoms with Crippen molar-refractivity contribution in [1.29, 1.82) is 5.26 Å². The molecule has 0 radical (unpaired) electrons. The Hall–Kier alpha value is -1.33. The lowest BCUT2D eigenvalue weighted by atomic mass is 10.0. The lowest BCUT2D eigenvalue weighted by molar-refractivity contribution is 0.0991. The van der Waals surface area contributed by atoms with Gasteiger partial charge in [0.1, 0.15) is 0 Å². The van der Waals surface area contributed by atoms with E-state index >= 15 is 0 Å². The predicted molar refractivity (Wildman–Crippen MR) is 55.5 cm³/mol. The molecule has 1 atom stereocenters. The van der Waals surface area contributed by atoms with Crippen LogP contribution in [-0.4, -0.2) is 11.2 Å². The summed E-state index contributed by atoms with van der Waals surface area (Å²) in [6.45, 7) is 3.48. The number of ketones is 1. The Balaban J connectivity index is 3.26. The Bertz CT molecular complexity index is 404. The summed E-state index contributed by atoms with van der Waals surface area (Å²) in [4.78, 5) is 11.6. The fourth-order valence-electron chi connectivity index (χ4n) is 1.17. The van der Waals surface area contributed by atoms with Crippen LogP contribution in [0.25, 0.3) is 0 Å². The van der Waals surface area contributed by atoms with E-state index in [1.54, 1.807) is 25.1 Å². The minimum Gasteiger partial charge on any atom is -0.292 e. The molecule has 0 bridgehead atoms. The number of carbonyl (C=O) groups excluding carboxylic acids is 1. The molecule has 1 aromatic rings. The fourth-order valence-corrected chi connectivity index (χ4v) is 1.29. The Labute approximate surface area is 88.1 Å². The van der Waals surface area contributed by atoms with Crippen molar-refractivity contribution in [2.45, 2.75) is 19.2 Å². The molecule has 0 saturated heterocycles. The predicted octanol–water partition coefficient (Wildman–Crippen LogP) is 2.68. The average molecular weight is 208 g/mol. The maximum absolute atomic E-state index is 11.6. The van der Waals surface area contributed by atoms with Gasteiger partial charge in [-0.2, -0.15) is 5.26 Å². The molecule has 1 rings (SSSR count). The third-order valence-electron chi connectivity index (χ3n) is 1.92. The summed E-state index contributed by atoms with van der Waals surface area (Å²) in [6.07, 6.45) is 0. The van der Waals surface area contributed by atoms with Gasteiger partial charge < -0.3 is 0 Å². The van der Waals surface area contributed by atoms with Crippen molar-refractivity contribution < 1.29 is 4.79 Å².